The first-order valence-corrected chi connectivity index (χ1v) is 11.8. The molecule has 0 aliphatic heterocycles. The van der Waals surface area contributed by atoms with Crippen molar-refractivity contribution in [2.24, 2.45) is 40.4 Å². The molecule has 0 spiro atoms. The van der Waals surface area contributed by atoms with Crippen LogP contribution in [0.2, 0.25) is 0 Å². The smallest absolute Gasteiger partial charge is 0.306 e. The molecule has 3 rings (SSSR count). The van der Waals surface area contributed by atoms with Gasteiger partial charge in [0.15, 0.2) is 0 Å². The van der Waals surface area contributed by atoms with Crippen molar-refractivity contribution in [3.63, 3.8) is 0 Å². The van der Waals surface area contributed by atoms with E-state index in [0.717, 1.165) is 23.7 Å². The van der Waals surface area contributed by atoms with Gasteiger partial charge in [0.25, 0.3) is 0 Å². The molecule has 4 unspecified atom stereocenters. The zero-order chi connectivity index (χ0) is 20.5. The summed E-state index contributed by atoms with van der Waals surface area (Å²) in [5.41, 5.74) is 0.502. The maximum absolute atomic E-state index is 12.1. The van der Waals surface area contributed by atoms with Crippen molar-refractivity contribution < 1.29 is 14.3 Å². The van der Waals surface area contributed by atoms with Crippen molar-refractivity contribution in [2.75, 3.05) is 6.61 Å². The number of fused-ring (bicyclic) bond motifs is 3. The summed E-state index contributed by atoms with van der Waals surface area (Å²) >= 11 is 0. The van der Waals surface area contributed by atoms with Gasteiger partial charge in [-0.1, -0.05) is 34.1 Å². The Labute approximate surface area is 172 Å². The third-order valence-electron chi connectivity index (χ3n) is 8.98. The van der Waals surface area contributed by atoms with E-state index in [9.17, 15) is 9.59 Å². The van der Waals surface area contributed by atoms with Crippen LogP contribution in [0, 0.1) is 40.4 Å². The van der Waals surface area contributed by atoms with E-state index in [4.69, 9.17) is 4.74 Å². The minimum absolute atomic E-state index is 0.0590. The lowest BCUT2D eigenvalue weighted by Gasteiger charge is -2.61. The summed E-state index contributed by atoms with van der Waals surface area (Å²) in [6.07, 6.45) is 11.2. The zero-order valence-electron chi connectivity index (χ0n) is 18.9. The van der Waals surface area contributed by atoms with Crippen LogP contribution in [0.4, 0.5) is 0 Å². The first-order chi connectivity index (χ1) is 13.2. The minimum Gasteiger partial charge on any atom is -0.465 e. The average molecular weight is 391 g/mol. The summed E-state index contributed by atoms with van der Waals surface area (Å²) in [5.74, 6) is 4.01. The number of hydrogen-bond acceptors (Lipinski definition) is 3. The zero-order valence-corrected chi connectivity index (χ0v) is 18.9. The number of esters is 1. The molecule has 3 aliphatic carbocycles. The predicted octanol–water partition coefficient (Wildman–Crippen LogP) is 6.19. The topological polar surface area (TPSA) is 43.4 Å². The molecule has 0 N–H and O–H groups in total. The first kappa shape index (κ1) is 21.8. The lowest BCUT2D eigenvalue weighted by Crippen LogP contribution is -2.55. The van der Waals surface area contributed by atoms with E-state index in [1.165, 1.54) is 58.3 Å². The lowest BCUT2D eigenvalue weighted by molar-refractivity contribution is -0.164. The Morgan fingerprint density at radius 1 is 1.04 bits per heavy atom. The monoisotopic (exact) mass is 390 g/mol. The van der Waals surface area contributed by atoms with E-state index in [1.807, 2.05) is 0 Å². The molecule has 0 saturated heterocycles. The summed E-state index contributed by atoms with van der Waals surface area (Å²) in [5, 5.41) is 0. The first-order valence-electron chi connectivity index (χ1n) is 11.8. The summed E-state index contributed by atoms with van der Waals surface area (Å²) in [7, 11) is 0. The fraction of sp³-hybridized carbons (Fsp3) is 0.920. The van der Waals surface area contributed by atoms with Gasteiger partial charge < -0.3 is 9.53 Å². The highest BCUT2D eigenvalue weighted by atomic mass is 16.5. The van der Waals surface area contributed by atoms with Crippen LogP contribution in [-0.4, -0.2) is 18.4 Å². The van der Waals surface area contributed by atoms with Crippen molar-refractivity contribution in [1.29, 1.82) is 0 Å². The molecule has 0 aromatic carbocycles. The van der Waals surface area contributed by atoms with Gasteiger partial charge in [0.1, 0.15) is 5.78 Å². The van der Waals surface area contributed by atoms with Crippen molar-refractivity contribution in [1.82, 2.24) is 0 Å². The highest BCUT2D eigenvalue weighted by molar-refractivity contribution is 5.80. The summed E-state index contributed by atoms with van der Waals surface area (Å²) in [6, 6.07) is 0. The Kier molecular flexibility index (Phi) is 6.61. The molecule has 0 aromatic heterocycles. The average Bonchev–Trinajstić information content (AvgIpc) is 2.64. The van der Waals surface area contributed by atoms with Gasteiger partial charge in [0.2, 0.25) is 0 Å². The molecule has 3 aliphatic rings. The molecule has 0 bridgehead atoms. The van der Waals surface area contributed by atoms with E-state index >= 15 is 0 Å². The Morgan fingerprint density at radius 2 is 1.79 bits per heavy atom. The van der Waals surface area contributed by atoms with Crippen LogP contribution in [0.25, 0.3) is 0 Å². The van der Waals surface area contributed by atoms with E-state index in [2.05, 4.69) is 27.7 Å². The number of Topliss-reactive ketones (excluding diaryl/α,β-unsaturated/α-hetero) is 1. The third kappa shape index (κ3) is 4.33. The molecule has 3 heteroatoms. The van der Waals surface area contributed by atoms with Crippen LogP contribution in [0.3, 0.4) is 0 Å². The summed E-state index contributed by atoms with van der Waals surface area (Å²) in [6.45, 7) is 11.8. The minimum atomic E-state index is -0.199. The molecule has 0 radical (unpaired) electrons. The number of carbonyl (C=O) groups excluding carboxylic acids is 2. The molecular weight excluding hydrogens is 348 g/mol. The number of ketones is 1. The maximum Gasteiger partial charge on any atom is 0.306 e. The molecule has 6 atom stereocenters. The molecule has 3 nitrogen and oxygen atoms in total. The summed E-state index contributed by atoms with van der Waals surface area (Å²) in [4.78, 5) is 23.3. The molecule has 28 heavy (non-hydrogen) atoms. The fourth-order valence-corrected chi connectivity index (χ4v) is 7.38. The maximum atomic E-state index is 12.1. The van der Waals surface area contributed by atoms with Gasteiger partial charge in [-0.15, -0.1) is 0 Å². The predicted molar refractivity (Wildman–Crippen MR) is 113 cm³/mol. The molecule has 0 amide bonds. The third-order valence-corrected chi connectivity index (χ3v) is 8.98. The Morgan fingerprint density at radius 3 is 2.46 bits per heavy atom. The normalized spacial score (nSPS) is 40.5. The fourth-order valence-electron chi connectivity index (χ4n) is 7.38. The van der Waals surface area contributed by atoms with Crippen LogP contribution in [-0.2, 0) is 14.3 Å². The Balaban J connectivity index is 1.67. The van der Waals surface area contributed by atoms with E-state index in [-0.39, 0.29) is 23.6 Å². The van der Waals surface area contributed by atoms with Crippen LogP contribution in [0.1, 0.15) is 98.8 Å². The van der Waals surface area contributed by atoms with Crippen molar-refractivity contribution >= 4 is 11.8 Å². The standard InChI is InChI=1S/C25H42O3/c1-17(2)19-8-10-21-20(15-19)9-11-22-24(4,13-6-14-25(21,22)5)16-28-23(27)12-7-18(3)26/h17,19-22H,6-16H2,1-5H3/t19?,20?,21?,22?,24-,25+/m1/s1. The molecule has 3 saturated carbocycles. The second kappa shape index (κ2) is 8.48. The van der Waals surface area contributed by atoms with Crippen molar-refractivity contribution in [3.05, 3.63) is 0 Å². The van der Waals surface area contributed by atoms with Crippen LogP contribution in [0.15, 0.2) is 0 Å². The van der Waals surface area contributed by atoms with Gasteiger partial charge in [0, 0.05) is 11.8 Å². The highest BCUT2D eigenvalue weighted by Crippen LogP contribution is 2.64. The van der Waals surface area contributed by atoms with Gasteiger partial charge in [-0.2, -0.15) is 0 Å². The molecular formula is C25H42O3. The van der Waals surface area contributed by atoms with E-state index < -0.39 is 0 Å². The van der Waals surface area contributed by atoms with E-state index in [0.29, 0.717) is 24.4 Å². The largest absolute Gasteiger partial charge is 0.465 e. The van der Waals surface area contributed by atoms with Gasteiger partial charge in [-0.05, 0) is 86.9 Å². The van der Waals surface area contributed by atoms with Crippen LogP contribution in [0.5, 0.6) is 0 Å². The number of rotatable bonds is 6. The van der Waals surface area contributed by atoms with Gasteiger partial charge in [-0.25, -0.2) is 0 Å². The second-order valence-electron chi connectivity index (χ2n) is 11.2. The molecule has 3 fully saturated rings. The van der Waals surface area contributed by atoms with Crippen LogP contribution < -0.4 is 0 Å². The lowest BCUT2D eigenvalue weighted by atomic mass is 9.44. The molecule has 0 heterocycles. The van der Waals surface area contributed by atoms with Gasteiger partial charge >= 0.3 is 5.97 Å². The number of carbonyl (C=O) groups is 2. The quantitative estimate of drug-likeness (QED) is 0.508. The number of ether oxygens (including phenoxy) is 1. The second-order valence-corrected chi connectivity index (χ2v) is 11.2. The van der Waals surface area contributed by atoms with Gasteiger partial charge in [0.05, 0.1) is 13.0 Å². The number of hydrogen-bond donors (Lipinski definition) is 0. The Bertz CT molecular complexity index is 582. The molecule has 160 valence electrons. The van der Waals surface area contributed by atoms with Crippen molar-refractivity contribution in [3.8, 4) is 0 Å². The SMILES string of the molecule is CC(=O)CCC(=O)OC[C@@]1(C)CCC[C@@]2(C)C3CCC(C(C)C)CC3CCC12. The van der Waals surface area contributed by atoms with E-state index in [1.54, 1.807) is 0 Å². The molecule has 0 aromatic rings. The van der Waals surface area contributed by atoms with Crippen molar-refractivity contribution in [2.45, 2.75) is 98.8 Å². The highest BCUT2D eigenvalue weighted by Gasteiger charge is 2.57. The summed E-state index contributed by atoms with van der Waals surface area (Å²) < 4.78 is 5.72. The Hall–Kier alpha value is -0.860. The van der Waals surface area contributed by atoms with Crippen LogP contribution >= 0.6 is 0 Å². The van der Waals surface area contributed by atoms with Gasteiger partial charge in [-0.3, -0.25) is 4.79 Å².